The zero-order chi connectivity index (χ0) is 25.1. The van der Waals surface area contributed by atoms with Crippen LogP contribution in [0.25, 0.3) is 11.0 Å². The molecule has 0 saturated carbocycles. The van der Waals surface area contributed by atoms with Gasteiger partial charge in [-0.25, -0.2) is 4.68 Å². The molecule has 2 aromatic rings. The second-order valence-corrected chi connectivity index (χ2v) is 11.6. The van der Waals surface area contributed by atoms with Crippen molar-refractivity contribution < 1.29 is 24.2 Å². The maximum atomic E-state index is 14.2. The molecule has 0 bridgehead atoms. The molecular weight excluding hydrogens is 482 g/mol. The van der Waals surface area contributed by atoms with Gasteiger partial charge in [0.05, 0.1) is 35.3 Å². The number of aliphatic hydroxyl groups excluding tert-OH is 1. The molecule has 36 heavy (non-hydrogen) atoms. The molecule has 2 amide bonds. The number of thioether (sulfide) groups is 1. The zero-order valence-electron chi connectivity index (χ0n) is 19.8. The Hall–Kier alpha value is -3.18. The van der Waals surface area contributed by atoms with Crippen molar-refractivity contribution in [1.29, 1.82) is 0 Å². The van der Waals surface area contributed by atoms with Gasteiger partial charge in [-0.1, -0.05) is 41.7 Å². The number of β-amino-alcohol motifs (C(OH)–C–C–N with tert-alkyl or cyclic N) is 1. The molecule has 5 atom stereocenters. The summed E-state index contributed by atoms with van der Waals surface area (Å²) in [5.41, 5.74) is 1.53. The number of ether oxygens (including phenoxy) is 1. The number of para-hydroxylation sites is 1. The second-order valence-electron chi connectivity index (χ2n) is 9.79. The monoisotopic (exact) mass is 509 g/mol. The number of hydrogen-bond acceptors (Lipinski definition) is 8. The van der Waals surface area contributed by atoms with E-state index in [1.165, 1.54) is 16.7 Å². The number of aromatic nitrogens is 3. The van der Waals surface area contributed by atoms with Gasteiger partial charge >= 0.3 is 5.97 Å². The van der Waals surface area contributed by atoms with E-state index in [9.17, 15) is 19.5 Å². The summed E-state index contributed by atoms with van der Waals surface area (Å²) in [6.45, 7) is 2.42. The molecule has 188 valence electrons. The number of amides is 2. The highest BCUT2D eigenvalue weighted by Crippen LogP contribution is 2.65. The molecule has 1 N–H and O–H groups in total. The first-order chi connectivity index (χ1) is 17.4. The lowest BCUT2D eigenvalue weighted by Crippen LogP contribution is -2.54. The van der Waals surface area contributed by atoms with Crippen molar-refractivity contribution >= 4 is 40.6 Å². The minimum atomic E-state index is -0.963. The SMILES string of the molecule is C[C@@]12C=CCCOC(=O)[C@@H]1[C@H]1C(=O)N(CCO)C3C(=O)N(Cn4nnc5ccccc54)CC=C[C@@]31S2. The molecule has 10 nitrogen and oxygen atoms in total. The summed E-state index contributed by atoms with van der Waals surface area (Å²) in [6, 6.07) is 6.65. The number of carbonyl (C=O) groups is 3. The van der Waals surface area contributed by atoms with Crippen LogP contribution in [0, 0.1) is 11.8 Å². The predicted octanol–water partition coefficient (Wildman–Crippen LogP) is 0.970. The van der Waals surface area contributed by atoms with Crippen molar-refractivity contribution in [3.8, 4) is 0 Å². The maximum absolute atomic E-state index is 14.2. The number of aliphatic hydroxyl groups is 1. The molecule has 5 heterocycles. The number of rotatable bonds is 4. The van der Waals surface area contributed by atoms with Crippen LogP contribution < -0.4 is 0 Å². The molecule has 4 aliphatic rings. The number of carbonyl (C=O) groups excluding carboxylic acids is 3. The topological polar surface area (TPSA) is 118 Å². The van der Waals surface area contributed by atoms with Crippen molar-refractivity contribution in [3.63, 3.8) is 0 Å². The van der Waals surface area contributed by atoms with E-state index in [1.807, 2.05) is 55.5 Å². The highest BCUT2D eigenvalue weighted by molar-refractivity contribution is 8.02. The van der Waals surface area contributed by atoms with Crippen LogP contribution >= 0.6 is 11.8 Å². The first-order valence-corrected chi connectivity index (χ1v) is 12.9. The van der Waals surface area contributed by atoms with E-state index in [1.54, 1.807) is 9.58 Å². The van der Waals surface area contributed by atoms with Crippen LogP contribution in [-0.4, -0.2) is 89.5 Å². The zero-order valence-corrected chi connectivity index (χ0v) is 20.6. The maximum Gasteiger partial charge on any atom is 0.311 e. The average molecular weight is 510 g/mol. The first kappa shape index (κ1) is 23.2. The molecule has 2 fully saturated rings. The summed E-state index contributed by atoms with van der Waals surface area (Å²) >= 11 is 1.49. The van der Waals surface area contributed by atoms with E-state index >= 15 is 0 Å². The Morgan fingerprint density at radius 1 is 1.14 bits per heavy atom. The molecule has 0 aliphatic carbocycles. The summed E-state index contributed by atoms with van der Waals surface area (Å²) in [7, 11) is 0. The molecule has 11 heteroatoms. The van der Waals surface area contributed by atoms with Gasteiger partial charge < -0.3 is 19.6 Å². The molecule has 1 aromatic heterocycles. The van der Waals surface area contributed by atoms with E-state index in [0.717, 1.165) is 11.0 Å². The fraction of sp³-hybridized carbons (Fsp3) is 0.480. The number of esters is 1. The van der Waals surface area contributed by atoms with E-state index in [4.69, 9.17) is 4.74 Å². The standard InChI is InChI=1S/C25H27N5O5S/c1-24-9-4-5-14-35-23(34)19(24)18-21(32)29(12-13-31)20-22(33)28(11-6-10-25(18,20)36-24)15-30-17-8-3-2-7-16(17)26-27-30/h2-4,6-10,18-20,31H,5,11-15H2,1H3/t18-,19-,20?,24+,25-/m0/s1. The number of cyclic esters (lactones) is 1. The summed E-state index contributed by atoms with van der Waals surface area (Å²) in [5, 5.41) is 18.2. The first-order valence-electron chi connectivity index (χ1n) is 12.1. The number of benzene rings is 1. The smallest absolute Gasteiger partial charge is 0.311 e. The quantitative estimate of drug-likeness (QED) is 0.479. The third kappa shape index (κ3) is 3.25. The molecule has 2 saturated heterocycles. The number of nitrogens with zero attached hydrogens (tertiary/aromatic N) is 5. The van der Waals surface area contributed by atoms with Gasteiger partial charge in [0.2, 0.25) is 11.8 Å². The Balaban J connectivity index is 1.42. The van der Waals surface area contributed by atoms with Crippen LogP contribution in [0.15, 0.2) is 48.6 Å². The number of likely N-dealkylation sites (tertiary alicyclic amines) is 1. The van der Waals surface area contributed by atoms with Crippen molar-refractivity contribution in [1.82, 2.24) is 24.8 Å². The van der Waals surface area contributed by atoms with Crippen LogP contribution in [0.5, 0.6) is 0 Å². The second kappa shape index (κ2) is 8.45. The normalized spacial score (nSPS) is 33.7. The molecule has 4 aliphatic heterocycles. The van der Waals surface area contributed by atoms with Crippen molar-refractivity contribution in [2.24, 2.45) is 11.8 Å². The van der Waals surface area contributed by atoms with Crippen molar-refractivity contribution in [2.75, 3.05) is 26.3 Å². The van der Waals surface area contributed by atoms with Gasteiger partial charge in [0.25, 0.3) is 0 Å². The lowest BCUT2D eigenvalue weighted by atomic mass is 9.74. The van der Waals surface area contributed by atoms with Crippen LogP contribution in [0.1, 0.15) is 13.3 Å². The van der Waals surface area contributed by atoms with Crippen LogP contribution in [0.4, 0.5) is 0 Å². The highest BCUT2D eigenvalue weighted by atomic mass is 32.2. The fourth-order valence-corrected chi connectivity index (χ4v) is 8.35. The number of hydrogen-bond donors (Lipinski definition) is 1. The Bertz CT molecular complexity index is 1310. The summed E-state index contributed by atoms with van der Waals surface area (Å²) < 4.78 is 5.52. The molecular formula is C25H27N5O5S. The number of fused-ring (bicyclic) bond motifs is 3. The van der Waals surface area contributed by atoms with Crippen molar-refractivity contribution in [3.05, 3.63) is 48.6 Å². The lowest BCUT2D eigenvalue weighted by Gasteiger charge is -2.36. The molecule has 6 rings (SSSR count). The van der Waals surface area contributed by atoms with Crippen LogP contribution in [-0.2, 0) is 25.8 Å². The Morgan fingerprint density at radius 3 is 2.81 bits per heavy atom. The van der Waals surface area contributed by atoms with Gasteiger partial charge in [-0.3, -0.25) is 14.4 Å². The van der Waals surface area contributed by atoms with Gasteiger partial charge in [-0.15, -0.1) is 16.9 Å². The van der Waals surface area contributed by atoms with Crippen molar-refractivity contribution in [2.45, 2.75) is 35.5 Å². The Labute approximate surface area is 211 Å². The van der Waals surface area contributed by atoms with E-state index < -0.39 is 33.3 Å². The average Bonchev–Trinajstić information content (AvgIpc) is 3.40. The third-order valence-corrected chi connectivity index (χ3v) is 9.47. The summed E-state index contributed by atoms with van der Waals surface area (Å²) in [5.74, 6) is -2.46. The third-order valence-electron chi connectivity index (χ3n) is 7.67. The summed E-state index contributed by atoms with van der Waals surface area (Å²) in [4.78, 5) is 44.4. The molecule has 1 unspecified atom stereocenters. The molecule has 0 radical (unpaired) electrons. The van der Waals surface area contributed by atoms with E-state index in [0.29, 0.717) is 13.0 Å². The lowest BCUT2D eigenvalue weighted by molar-refractivity contribution is -0.154. The molecule has 1 aromatic carbocycles. The van der Waals surface area contributed by atoms with E-state index in [-0.39, 0.29) is 38.2 Å². The van der Waals surface area contributed by atoms with Gasteiger partial charge in [0.15, 0.2) is 0 Å². The fourth-order valence-electron chi connectivity index (χ4n) is 6.19. The predicted molar refractivity (Wildman–Crippen MR) is 131 cm³/mol. The minimum absolute atomic E-state index is 0.0102. The largest absolute Gasteiger partial charge is 0.465 e. The highest BCUT2D eigenvalue weighted by Gasteiger charge is 2.73. The van der Waals surface area contributed by atoms with Crippen LogP contribution in [0.2, 0.25) is 0 Å². The Morgan fingerprint density at radius 2 is 1.97 bits per heavy atom. The van der Waals surface area contributed by atoms with Crippen LogP contribution in [0.3, 0.4) is 0 Å². The van der Waals surface area contributed by atoms with Gasteiger partial charge in [-0.2, -0.15) is 0 Å². The Kier molecular flexibility index (Phi) is 5.45. The minimum Gasteiger partial charge on any atom is -0.465 e. The summed E-state index contributed by atoms with van der Waals surface area (Å²) in [6.07, 6.45) is 8.44. The van der Waals surface area contributed by atoms with Gasteiger partial charge in [-0.05, 0) is 25.5 Å². The van der Waals surface area contributed by atoms with Gasteiger partial charge in [0.1, 0.15) is 18.2 Å². The van der Waals surface area contributed by atoms with Gasteiger partial charge in [0, 0.05) is 17.8 Å². The van der Waals surface area contributed by atoms with E-state index in [2.05, 4.69) is 10.3 Å². The molecule has 1 spiro atoms.